The Kier molecular flexibility index (Phi) is 3.49. The van der Waals surface area contributed by atoms with Gasteiger partial charge in [-0.15, -0.1) is 3.89 Å². The molecule has 1 heterocycles. The van der Waals surface area contributed by atoms with Crippen molar-refractivity contribution in [1.82, 2.24) is 0 Å². The smallest absolute Gasteiger partial charge is 0.302 e. The van der Waals surface area contributed by atoms with Crippen molar-refractivity contribution >= 4 is 21.8 Å². The van der Waals surface area contributed by atoms with Crippen LogP contribution in [0.3, 0.4) is 0 Å². The van der Waals surface area contributed by atoms with Crippen molar-refractivity contribution in [3.8, 4) is 5.75 Å². The van der Waals surface area contributed by atoms with E-state index in [4.69, 9.17) is 0 Å². The summed E-state index contributed by atoms with van der Waals surface area (Å²) in [6.07, 6.45) is -0.00213. The fourth-order valence-corrected chi connectivity index (χ4v) is 3.11. The Balaban J connectivity index is 2.20. The molecule has 1 atom stereocenters. The summed E-state index contributed by atoms with van der Waals surface area (Å²) in [5.41, 5.74) is 1.28. The second kappa shape index (κ2) is 4.80. The van der Waals surface area contributed by atoms with Crippen LogP contribution in [0.4, 0.5) is 9.57 Å². The SMILES string of the molecule is Cc1cc(O)cc(N2CC(CS(=O)(=O)F)CC2=O)c1. The molecule has 1 aromatic rings. The second-order valence-electron chi connectivity index (χ2n) is 4.81. The summed E-state index contributed by atoms with van der Waals surface area (Å²) in [6, 6.07) is 4.69. The van der Waals surface area contributed by atoms with Crippen molar-refractivity contribution in [3.63, 3.8) is 0 Å². The van der Waals surface area contributed by atoms with Crippen LogP contribution in [0.15, 0.2) is 18.2 Å². The average Bonchev–Trinajstić information content (AvgIpc) is 2.54. The lowest BCUT2D eigenvalue weighted by atomic mass is 10.1. The van der Waals surface area contributed by atoms with Gasteiger partial charge in [0.15, 0.2) is 0 Å². The van der Waals surface area contributed by atoms with Crippen molar-refractivity contribution in [2.24, 2.45) is 5.92 Å². The molecule has 1 fully saturated rings. The van der Waals surface area contributed by atoms with Gasteiger partial charge in [-0.25, -0.2) is 0 Å². The Morgan fingerprint density at radius 1 is 1.42 bits per heavy atom. The van der Waals surface area contributed by atoms with E-state index >= 15 is 0 Å². The zero-order chi connectivity index (χ0) is 14.2. The van der Waals surface area contributed by atoms with Crippen LogP contribution in [-0.4, -0.2) is 31.7 Å². The first-order chi connectivity index (χ1) is 8.74. The van der Waals surface area contributed by atoms with Gasteiger partial charge in [-0.1, -0.05) is 0 Å². The maximum absolute atomic E-state index is 12.6. The molecule has 0 aromatic heterocycles. The fourth-order valence-electron chi connectivity index (χ4n) is 2.32. The van der Waals surface area contributed by atoms with Gasteiger partial charge in [0, 0.05) is 30.6 Å². The monoisotopic (exact) mass is 287 g/mol. The highest BCUT2D eigenvalue weighted by molar-refractivity contribution is 7.86. The normalized spacial score (nSPS) is 20.0. The Bertz CT molecular complexity index is 594. The Hall–Kier alpha value is -1.63. The molecule has 0 bridgehead atoms. The number of phenolic OH excluding ortho intramolecular Hbond substituents is 1. The number of aryl methyl sites for hydroxylation is 1. The topological polar surface area (TPSA) is 74.7 Å². The van der Waals surface area contributed by atoms with Crippen molar-refractivity contribution in [1.29, 1.82) is 0 Å². The standard InChI is InChI=1S/C12H14FNO4S/c1-8-2-10(5-11(15)3-8)14-6-9(4-12(14)16)7-19(13,17)18/h2-3,5,9,15H,4,6-7H2,1H3. The summed E-state index contributed by atoms with van der Waals surface area (Å²) in [4.78, 5) is 13.2. The summed E-state index contributed by atoms with van der Waals surface area (Å²) in [5.74, 6) is -1.43. The maximum Gasteiger partial charge on any atom is 0.302 e. The van der Waals surface area contributed by atoms with Crippen LogP contribution in [0.25, 0.3) is 0 Å². The number of aromatic hydroxyl groups is 1. The molecule has 19 heavy (non-hydrogen) atoms. The quantitative estimate of drug-likeness (QED) is 0.852. The van der Waals surface area contributed by atoms with E-state index in [0.717, 1.165) is 5.56 Å². The van der Waals surface area contributed by atoms with Gasteiger partial charge in [-0.3, -0.25) is 4.79 Å². The first-order valence-electron chi connectivity index (χ1n) is 5.78. The minimum atomic E-state index is -4.58. The number of anilines is 1. The third-order valence-electron chi connectivity index (χ3n) is 3.00. The van der Waals surface area contributed by atoms with Gasteiger partial charge in [0.1, 0.15) is 5.75 Å². The van der Waals surface area contributed by atoms with Crippen molar-refractivity contribution in [3.05, 3.63) is 23.8 Å². The number of halogens is 1. The van der Waals surface area contributed by atoms with Crippen LogP contribution in [0.5, 0.6) is 5.75 Å². The molecule has 7 heteroatoms. The summed E-state index contributed by atoms with van der Waals surface area (Å²) < 4.78 is 33.8. The van der Waals surface area contributed by atoms with Gasteiger partial charge < -0.3 is 10.0 Å². The van der Waals surface area contributed by atoms with E-state index in [1.807, 2.05) is 0 Å². The van der Waals surface area contributed by atoms with E-state index in [2.05, 4.69) is 0 Å². The fraction of sp³-hybridized carbons (Fsp3) is 0.417. The number of benzene rings is 1. The number of nitrogens with zero attached hydrogens (tertiary/aromatic N) is 1. The van der Waals surface area contributed by atoms with E-state index < -0.39 is 21.9 Å². The zero-order valence-corrected chi connectivity index (χ0v) is 11.2. The van der Waals surface area contributed by atoms with E-state index in [9.17, 15) is 22.2 Å². The Morgan fingerprint density at radius 3 is 2.68 bits per heavy atom. The molecule has 1 N–H and O–H groups in total. The van der Waals surface area contributed by atoms with E-state index in [-0.39, 0.29) is 24.6 Å². The van der Waals surface area contributed by atoms with Crippen LogP contribution >= 0.6 is 0 Å². The molecule has 104 valence electrons. The van der Waals surface area contributed by atoms with Crippen molar-refractivity contribution in [2.75, 3.05) is 17.2 Å². The molecule has 1 unspecified atom stereocenters. The first-order valence-corrected chi connectivity index (χ1v) is 7.33. The summed E-state index contributed by atoms with van der Waals surface area (Å²) in [5, 5.41) is 9.50. The number of amides is 1. The Labute approximate surface area is 110 Å². The van der Waals surface area contributed by atoms with Gasteiger partial charge in [-0.05, 0) is 24.6 Å². The molecular formula is C12H14FNO4S. The average molecular weight is 287 g/mol. The van der Waals surface area contributed by atoms with Crippen LogP contribution < -0.4 is 4.90 Å². The van der Waals surface area contributed by atoms with E-state index in [1.165, 1.54) is 11.0 Å². The van der Waals surface area contributed by atoms with Gasteiger partial charge in [0.25, 0.3) is 0 Å². The third kappa shape index (κ3) is 3.44. The molecule has 1 saturated heterocycles. The molecule has 0 saturated carbocycles. The molecular weight excluding hydrogens is 273 g/mol. The lowest BCUT2D eigenvalue weighted by Gasteiger charge is -2.17. The second-order valence-corrected chi connectivity index (χ2v) is 6.22. The number of phenols is 1. The van der Waals surface area contributed by atoms with Gasteiger partial charge in [0.2, 0.25) is 5.91 Å². The highest BCUT2D eigenvalue weighted by atomic mass is 32.3. The van der Waals surface area contributed by atoms with Crippen LogP contribution in [0, 0.1) is 12.8 Å². The number of hydrogen-bond donors (Lipinski definition) is 1. The van der Waals surface area contributed by atoms with Gasteiger partial charge in [-0.2, -0.15) is 8.42 Å². The van der Waals surface area contributed by atoms with E-state index in [1.54, 1.807) is 19.1 Å². The molecule has 1 amide bonds. The molecule has 0 aliphatic carbocycles. The molecule has 5 nitrogen and oxygen atoms in total. The van der Waals surface area contributed by atoms with Gasteiger partial charge in [0.05, 0.1) is 5.75 Å². The van der Waals surface area contributed by atoms with Crippen LogP contribution in [0.2, 0.25) is 0 Å². The van der Waals surface area contributed by atoms with E-state index in [0.29, 0.717) is 5.69 Å². The predicted octanol–water partition coefficient (Wildman–Crippen LogP) is 1.35. The number of carbonyl (C=O) groups is 1. The largest absolute Gasteiger partial charge is 0.508 e. The molecule has 0 spiro atoms. The summed E-state index contributed by atoms with van der Waals surface area (Å²) >= 11 is 0. The van der Waals surface area contributed by atoms with Crippen molar-refractivity contribution < 1.29 is 22.2 Å². The lowest BCUT2D eigenvalue weighted by Crippen LogP contribution is -2.25. The highest BCUT2D eigenvalue weighted by Gasteiger charge is 2.33. The molecule has 1 aliphatic rings. The number of rotatable bonds is 3. The van der Waals surface area contributed by atoms with Crippen LogP contribution in [-0.2, 0) is 15.0 Å². The third-order valence-corrected chi connectivity index (χ3v) is 3.87. The molecule has 1 aromatic carbocycles. The maximum atomic E-state index is 12.6. The zero-order valence-electron chi connectivity index (χ0n) is 10.3. The number of hydrogen-bond acceptors (Lipinski definition) is 4. The van der Waals surface area contributed by atoms with Crippen molar-refractivity contribution in [2.45, 2.75) is 13.3 Å². The van der Waals surface area contributed by atoms with Gasteiger partial charge >= 0.3 is 10.2 Å². The first kappa shape index (κ1) is 13.8. The lowest BCUT2D eigenvalue weighted by molar-refractivity contribution is -0.117. The number of carbonyl (C=O) groups excluding carboxylic acids is 1. The minimum absolute atomic E-state index is 0.00213. The molecule has 0 radical (unpaired) electrons. The predicted molar refractivity (Wildman–Crippen MR) is 68.2 cm³/mol. The Morgan fingerprint density at radius 2 is 2.11 bits per heavy atom. The molecule has 2 rings (SSSR count). The molecule has 1 aliphatic heterocycles. The minimum Gasteiger partial charge on any atom is -0.508 e. The highest BCUT2D eigenvalue weighted by Crippen LogP contribution is 2.29. The van der Waals surface area contributed by atoms with Crippen LogP contribution in [0.1, 0.15) is 12.0 Å². The summed E-state index contributed by atoms with van der Waals surface area (Å²) in [7, 11) is -4.58. The summed E-state index contributed by atoms with van der Waals surface area (Å²) in [6.45, 7) is 1.91.